The molecule has 0 aliphatic carbocycles. The molecule has 2 aliphatic rings. The number of hydrogen-bond donors (Lipinski definition) is 2. The summed E-state index contributed by atoms with van der Waals surface area (Å²) < 4.78 is 0. The van der Waals surface area contributed by atoms with Gasteiger partial charge in [-0.25, -0.2) is 0 Å². The normalized spacial score (nSPS) is 23.0. The van der Waals surface area contributed by atoms with Crippen LogP contribution in [0.4, 0.5) is 5.69 Å². The van der Waals surface area contributed by atoms with Crippen LogP contribution >= 0.6 is 0 Å². The van der Waals surface area contributed by atoms with Gasteiger partial charge >= 0.3 is 0 Å². The molecule has 5 heteroatoms. The van der Waals surface area contributed by atoms with Gasteiger partial charge in [0.2, 0.25) is 11.8 Å². The summed E-state index contributed by atoms with van der Waals surface area (Å²) in [5, 5.41) is 6.05. The molecule has 5 nitrogen and oxygen atoms in total. The van der Waals surface area contributed by atoms with Gasteiger partial charge in [0.1, 0.15) is 6.54 Å². The summed E-state index contributed by atoms with van der Waals surface area (Å²) in [5.41, 5.74) is 2.01. The molecule has 1 aromatic carbocycles. The smallest absolute Gasteiger partial charge is 0.246 e. The minimum absolute atomic E-state index is 0.0450. The molecule has 20 heavy (non-hydrogen) atoms. The third-order valence-electron chi connectivity index (χ3n) is 3.95. The van der Waals surface area contributed by atoms with Crippen LogP contribution in [0.25, 0.3) is 0 Å². The van der Waals surface area contributed by atoms with Crippen molar-refractivity contribution in [2.24, 2.45) is 0 Å². The maximum Gasteiger partial charge on any atom is 0.246 e. The lowest BCUT2D eigenvalue weighted by atomic mass is 10.0. The number of nitrogens with zero attached hydrogens (tertiary/aromatic N) is 1. The highest BCUT2D eigenvalue weighted by atomic mass is 16.2. The SMILES string of the molecule is O=C1CN(c2ccccc2CC2CCCN2)C(=O)CN1. The predicted molar refractivity (Wildman–Crippen MR) is 76.5 cm³/mol. The Morgan fingerprint density at radius 1 is 1.25 bits per heavy atom. The van der Waals surface area contributed by atoms with Gasteiger partial charge in [0.25, 0.3) is 0 Å². The Kier molecular flexibility index (Phi) is 3.69. The fraction of sp³-hybridized carbons (Fsp3) is 0.467. The minimum atomic E-state index is -0.0987. The Morgan fingerprint density at radius 2 is 2.10 bits per heavy atom. The highest BCUT2D eigenvalue weighted by molar-refractivity contribution is 6.04. The fourth-order valence-corrected chi connectivity index (χ4v) is 2.92. The molecule has 2 heterocycles. The second-order valence-corrected chi connectivity index (χ2v) is 5.38. The largest absolute Gasteiger partial charge is 0.345 e. The number of para-hydroxylation sites is 1. The molecule has 0 radical (unpaired) electrons. The van der Waals surface area contributed by atoms with E-state index < -0.39 is 0 Å². The number of carbonyl (C=O) groups is 2. The van der Waals surface area contributed by atoms with Crippen LogP contribution in [0.3, 0.4) is 0 Å². The van der Waals surface area contributed by atoms with Crippen LogP contribution in [-0.2, 0) is 16.0 Å². The van der Waals surface area contributed by atoms with Gasteiger partial charge in [-0.05, 0) is 37.4 Å². The van der Waals surface area contributed by atoms with E-state index in [0.717, 1.165) is 24.2 Å². The summed E-state index contributed by atoms with van der Waals surface area (Å²) in [5.74, 6) is -0.144. The molecule has 1 aromatic rings. The van der Waals surface area contributed by atoms with Gasteiger partial charge in [0.05, 0.1) is 6.54 Å². The number of benzene rings is 1. The molecule has 2 aliphatic heterocycles. The molecule has 0 bridgehead atoms. The molecule has 0 saturated carbocycles. The second kappa shape index (κ2) is 5.63. The first-order chi connectivity index (χ1) is 9.74. The van der Waals surface area contributed by atoms with Crippen molar-refractivity contribution in [1.29, 1.82) is 0 Å². The van der Waals surface area contributed by atoms with Crippen LogP contribution in [0.15, 0.2) is 24.3 Å². The second-order valence-electron chi connectivity index (χ2n) is 5.38. The van der Waals surface area contributed by atoms with E-state index in [-0.39, 0.29) is 24.9 Å². The summed E-state index contributed by atoms with van der Waals surface area (Å²) in [6, 6.07) is 8.36. The van der Waals surface area contributed by atoms with Crippen molar-refractivity contribution in [2.75, 3.05) is 24.5 Å². The van der Waals surface area contributed by atoms with Crippen LogP contribution in [0.2, 0.25) is 0 Å². The van der Waals surface area contributed by atoms with Crippen molar-refractivity contribution in [3.05, 3.63) is 29.8 Å². The van der Waals surface area contributed by atoms with Gasteiger partial charge in [-0.2, -0.15) is 0 Å². The maximum atomic E-state index is 12.0. The highest BCUT2D eigenvalue weighted by Crippen LogP contribution is 2.24. The molecule has 0 aromatic heterocycles. The summed E-state index contributed by atoms with van der Waals surface area (Å²) >= 11 is 0. The summed E-state index contributed by atoms with van der Waals surface area (Å²) in [4.78, 5) is 25.2. The summed E-state index contributed by atoms with van der Waals surface area (Å²) in [6.07, 6.45) is 3.28. The van der Waals surface area contributed by atoms with E-state index in [9.17, 15) is 9.59 Å². The Morgan fingerprint density at radius 3 is 2.90 bits per heavy atom. The van der Waals surface area contributed by atoms with E-state index in [1.807, 2.05) is 18.2 Å². The Bertz CT molecular complexity index is 524. The van der Waals surface area contributed by atoms with Crippen molar-refractivity contribution in [2.45, 2.75) is 25.3 Å². The molecule has 2 amide bonds. The Balaban J connectivity index is 1.84. The van der Waals surface area contributed by atoms with Crippen molar-refractivity contribution >= 4 is 17.5 Å². The molecule has 2 saturated heterocycles. The monoisotopic (exact) mass is 273 g/mol. The van der Waals surface area contributed by atoms with Crippen molar-refractivity contribution in [1.82, 2.24) is 10.6 Å². The first kappa shape index (κ1) is 13.1. The Hall–Kier alpha value is -1.88. The summed E-state index contributed by atoms with van der Waals surface area (Å²) in [7, 11) is 0. The molecule has 1 atom stereocenters. The van der Waals surface area contributed by atoms with Gasteiger partial charge in [0.15, 0.2) is 0 Å². The zero-order chi connectivity index (χ0) is 13.9. The van der Waals surface area contributed by atoms with Crippen molar-refractivity contribution < 1.29 is 9.59 Å². The van der Waals surface area contributed by atoms with Crippen LogP contribution < -0.4 is 15.5 Å². The van der Waals surface area contributed by atoms with E-state index in [1.54, 1.807) is 4.90 Å². The quantitative estimate of drug-likeness (QED) is 0.840. The van der Waals surface area contributed by atoms with Gasteiger partial charge < -0.3 is 15.5 Å². The molecular weight excluding hydrogens is 254 g/mol. The lowest BCUT2D eigenvalue weighted by Gasteiger charge is -2.29. The van der Waals surface area contributed by atoms with Crippen LogP contribution in [0.5, 0.6) is 0 Å². The lowest BCUT2D eigenvalue weighted by Crippen LogP contribution is -2.52. The van der Waals surface area contributed by atoms with Gasteiger partial charge in [0, 0.05) is 11.7 Å². The van der Waals surface area contributed by atoms with E-state index in [0.29, 0.717) is 6.04 Å². The number of rotatable bonds is 3. The average Bonchev–Trinajstić information content (AvgIpc) is 2.95. The molecule has 2 N–H and O–H groups in total. The molecule has 0 spiro atoms. The predicted octanol–water partition coefficient (Wildman–Crippen LogP) is 0.444. The molecule has 106 valence electrons. The van der Waals surface area contributed by atoms with Crippen LogP contribution in [0.1, 0.15) is 18.4 Å². The Labute approximate surface area is 118 Å². The van der Waals surface area contributed by atoms with E-state index in [4.69, 9.17) is 0 Å². The van der Waals surface area contributed by atoms with Gasteiger partial charge in [-0.1, -0.05) is 18.2 Å². The zero-order valence-corrected chi connectivity index (χ0v) is 11.4. The third kappa shape index (κ3) is 2.67. The first-order valence-corrected chi connectivity index (χ1v) is 7.12. The number of anilines is 1. The number of hydrogen-bond acceptors (Lipinski definition) is 3. The number of piperazine rings is 1. The zero-order valence-electron chi connectivity index (χ0n) is 11.4. The molecule has 3 rings (SSSR count). The van der Waals surface area contributed by atoms with Crippen LogP contribution in [-0.4, -0.2) is 37.5 Å². The number of carbonyl (C=O) groups excluding carboxylic acids is 2. The molecule has 1 unspecified atom stereocenters. The lowest BCUT2D eigenvalue weighted by molar-refractivity contribution is -0.128. The topological polar surface area (TPSA) is 61.4 Å². The number of nitrogens with one attached hydrogen (secondary N) is 2. The van der Waals surface area contributed by atoms with Crippen molar-refractivity contribution in [3.63, 3.8) is 0 Å². The standard InChI is InChI=1S/C15H19N3O2/c19-14-10-18(15(20)9-17-14)13-6-2-1-4-11(13)8-12-5-3-7-16-12/h1-2,4,6,12,16H,3,5,7-10H2,(H,17,19). The molecular formula is C15H19N3O2. The fourth-order valence-electron chi connectivity index (χ4n) is 2.92. The van der Waals surface area contributed by atoms with E-state index in [2.05, 4.69) is 16.7 Å². The van der Waals surface area contributed by atoms with Crippen molar-refractivity contribution in [3.8, 4) is 0 Å². The van der Waals surface area contributed by atoms with Crippen LogP contribution in [0, 0.1) is 0 Å². The maximum absolute atomic E-state index is 12.0. The summed E-state index contributed by atoms with van der Waals surface area (Å²) in [6.45, 7) is 1.28. The van der Waals surface area contributed by atoms with Gasteiger partial charge in [-0.3, -0.25) is 9.59 Å². The van der Waals surface area contributed by atoms with E-state index >= 15 is 0 Å². The third-order valence-corrected chi connectivity index (χ3v) is 3.95. The van der Waals surface area contributed by atoms with Gasteiger partial charge in [-0.15, -0.1) is 0 Å². The van der Waals surface area contributed by atoms with E-state index in [1.165, 1.54) is 12.8 Å². The first-order valence-electron chi connectivity index (χ1n) is 7.12. The average molecular weight is 273 g/mol. The minimum Gasteiger partial charge on any atom is -0.345 e. The number of amides is 2. The molecule has 2 fully saturated rings. The highest BCUT2D eigenvalue weighted by Gasteiger charge is 2.26.